The van der Waals surface area contributed by atoms with Crippen molar-refractivity contribution in [2.75, 3.05) is 0 Å². The summed E-state index contributed by atoms with van der Waals surface area (Å²) in [7, 11) is 0. The van der Waals surface area contributed by atoms with E-state index in [0.717, 1.165) is 0 Å². The number of aromatic nitrogens is 1. The van der Waals surface area contributed by atoms with Crippen LogP contribution in [0.4, 0.5) is 4.39 Å². The number of benzene rings is 1. The minimum Gasteiger partial charge on any atom is -0.425 e. The summed E-state index contributed by atoms with van der Waals surface area (Å²) >= 11 is 0. The molecule has 2 N–H and O–H groups in total. The van der Waals surface area contributed by atoms with Gasteiger partial charge in [-0.05, 0) is 12.1 Å². The Labute approximate surface area is 89.6 Å². The Hall–Kier alpha value is -2.37. The van der Waals surface area contributed by atoms with Crippen molar-refractivity contribution >= 4 is 5.91 Å². The van der Waals surface area contributed by atoms with Crippen molar-refractivity contribution in [3.63, 3.8) is 0 Å². The summed E-state index contributed by atoms with van der Waals surface area (Å²) < 4.78 is 22.8. The molecule has 0 aliphatic rings. The van der Waals surface area contributed by atoms with Crippen LogP contribution in [-0.4, -0.2) is 10.9 Å². The van der Waals surface area contributed by atoms with Crippen LogP contribution in [0.15, 0.2) is 34.9 Å². The number of carbonyl (C=O) groups excluding carboxylic acids is 1. The van der Waals surface area contributed by atoms with Crippen molar-refractivity contribution in [1.29, 1.82) is 0 Å². The molecule has 1 amide bonds. The highest BCUT2D eigenvalue weighted by molar-refractivity contribution is 5.87. The van der Waals surface area contributed by atoms with Crippen LogP contribution in [0.1, 0.15) is 10.7 Å². The smallest absolute Gasteiger partial charge is 0.311 e. The van der Waals surface area contributed by atoms with Crippen molar-refractivity contribution < 1.29 is 18.3 Å². The first kappa shape index (κ1) is 10.2. The highest BCUT2D eigenvalue weighted by Crippen LogP contribution is 2.22. The van der Waals surface area contributed by atoms with E-state index in [-0.39, 0.29) is 17.6 Å². The SMILES string of the molecule is NC(=O)c1ncc(Oc2cccc(F)c2)o1. The molecule has 16 heavy (non-hydrogen) atoms. The second-order valence-corrected chi connectivity index (χ2v) is 2.91. The number of rotatable bonds is 3. The van der Waals surface area contributed by atoms with Crippen molar-refractivity contribution in [2.24, 2.45) is 5.73 Å². The predicted octanol–water partition coefficient (Wildman–Crippen LogP) is 1.70. The number of nitrogens with zero attached hydrogens (tertiary/aromatic N) is 1. The zero-order chi connectivity index (χ0) is 11.5. The third kappa shape index (κ3) is 2.17. The molecule has 6 heteroatoms. The Balaban J connectivity index is 2.17. The van der Waals surface area contributed by atoms with Gasteiger partial charge in [0.05, 0.1) is 0 Å². The predicted molar refractivity (Wildman–Crippen MR) is 51.5 cm³/mol. The van der Waals surface area contributed by atoms with Gasteiger partial charge in [-0.15, -0.1) is 0 Å². The summed E-state index contributed by atoms with van der Waals surface area (Å²) in [5.41, 5.74) is 4.93. The summed E-state index contributed by atoms with van der Waals surface area (Å²) in [6, 6.07) is 5.47. The molecule has 0 aliphatic heterocycles. The number of oxazole rings is 1. The molecule has 2 rings (SSSR count). The molecule has 0 fully saturated rings. The molecule has 0 atom stereocenters. The lowest BCUT2D eigenvalue weighted by Gasteiger charge is -2.00. The summed E-state index contributed by atoms with van der Waals surface area (Å²) in [6.45, 7) is 0. The summed E-state index contributed by atoms with van der Waals surface area (Å²) in [4.78, 5) is 14.2. The third-order valence-corrected chi connectivity index (χ3v) is 1.71. The molecule has 1 heterocycles. The molecule has 0 saturated heterocycles. The van der Waals surface area contributed by atoms with E-state index in [1.54, 1.807) is 0 Å². The fourth-order valence-electron chi connectivity index (χ4n) is 1.07. The van der Waals surface area contributed by atoms with Crippen molar-refractivity contribution in [1.82, 2.24) is 4.98 Å². The average molecular weight is 222 g/mol. The van der Waals surface area contributed by atoms with E-state index in [9.17, 15) is 9.18 Å². The van der Waals surface area contributed by atoms with E-state index in [1.807, 2.05) is 0 Å². The maximum atomic E-state index is 12.8. The van der Waals surface area contributed by atoms with Gasteiger partial charge in [0.25, 0.3) is 5.89 Å². The Morgan fingerprint density at radius 3 is 2.94 bits per heavy atom. The molecule has 0 saturated carbocycles. The van der Waals surface area contributed by atoms with Gasteiger partial charge in [-0.2, -0.15) is 0 Å². The fourth-order valence-corrected chi connectivity index (χ4v) is 1.07. The zero-order valence-corrected chi connectivity index (χ0v) is 8.01. The molecular weight excluding hydrogens is 215 g/mol. The molecule has 82 valence electrons. The minimum atomic E-state index is -0.797. The molecular formula is C10H7FN2O3. The molecule has 0 radical (unpaired) electrons. The van der Waals surface area contributed by atoms with Crippen LogP contribution in [0.25, 0.3) is 0 Å². The molecule has 5 nitrogen and oxygen atoms in total. The van der Waals surface area contributed by atoms with Crippen molar-refractivity contribution in [3.8, 4) is 11.7 Å². The van der Waals surface area contributed by atoms with Crippen molar-refractivity contribution in [3.05, 3.63) is 42.2 Å². The Kier molecular flexibility index (Phi) is 2.55. The van der Waals surface area contributed by atoms with E-state index in [0.29, 0.717) is 0 Å². The standard InChI is InChI=1S/C10H7FN2O3/c11-6-2-1-3-7(4-6)15-8-5-13-10(16-8)9(12)14/h1-5H,(H2,12,14). The van der Waals surface area contributed by atoms with E-state index in [2.05, 4.69) is 4.98 Å². The lowest BCUT2D eigenvalue weighted by molar-refractivity contribution is 0.0962. The highest BCUT2D eigenvalue weighted by atomic mass is 19.1. The van der Waals surface area contributed by atoms with Gasteiger partial charge in [-0.3, -0.25) is 4.79 Å². The second kappa shape index (κ2) is 4.01. The number of primary amides is 1. The topological polar surface area (TPSA) is 78.4 Å². The molecule has 1 aromatic heterocycles. The highest BCUT2D eigenvalue weighted by Gasteiger charge is 2.10. The summed E-state index contributed by atoms with van der Waals surface area (Å²) in [5.74, 6) is -1.28. The molecule has 0 spiro atoms. The lowest BCUT2D eigenvalue weighted by atomic mass is 10.3. The largest absolute Gasteiger partial charge is 0.425 e. The summed E-state index contributed by atoms with van der Waals surface area (Å²) in [5, 5.41) is 0. The normalized spacial score (nSPS) is 10.1. The minimum absolute atomic E-state index is 0.0283. The molecule has 2 aromatic rings. The van der Waals surface area contributed by atoms with E-state index < -0.39 is 11.7 Å². The number of hydrogen-bond acceptors (Lipinski definition) is 4. The van der Waals surface area contributed by atoms with Crippen LogP contribution in [0.3, 0.4) is 0 Å². The first-order chi connectivity index (χ1) is 7.65. The number of carbonyl (C=O) groups is 1. The lowest BCUT2D eigenvalue weighted by Crippen LogP contribution is -2.10. The second-order valence-electron chi connectivity index (χ2n) is 2.91. The van der Waals surface area contributed by atoms with Gasteiger partial charge in [0.2, 0.25) is 0 Å². The molecule has 0 unspecified atom stereocenters. The number of hydrogen-bond donors (Lipinski definition) is 1. The molecule has 0 bridgehead atoms. The van der Waals surface area contributed by atoms with Crippen LogP contribution in [0.5, 0.6) is 11.7 Å². The van der Waals surface area contributed by atoms with Crippen LogP contribution < -0.4 is 10.5 Å². The average Bonchev–Trinajstić information content (AvgIpc) is 2.66. The maximum absolute atomic E-state index is 12.8. The first-order valence-corrected chi connectivity index (χ1v) is 4.34. The molecule has 1 aromatic carbocycles. The van der Waals surface area contributed by atoms with Crippen LogP contribution in [0.2, 0.25) is 0 Å². The third-order valence-electron chi connectivity index (χ3n) is 1.71. The maximum Gasteiger partial charge on any atom is 0.311 e. The number of amides is 1. The van der Waals surface area contributed by atoms with Gasteiger partial charge in [0, 0.05) is 6.07 Å². The van der Waals surface area contributed by atoms with E-state index in [1.165, 1.54) is 30.5 Å². The fraction of sp³-hybridized carbons (Fsp3) is 0. The van der Waals surface area contributed by atoms with Crippen LogP contribution in [-0.2, 0) is 0 Å². The van der Waals surface area contributed by atoms with Gasteiger partial charge in [-0.25, -0.2) is 9.37 Å². The van der Waals surface area contributed by atoms with Crippen LogP contribution in [0, 0.1) is 5.82 Å². The Morgan fingerprint density at radius 2 is 2.31 bits per heavy atom. The van der Waals surface area contributed by atoms with Crippen LogP contribution >= 0.6 is 0 Å². The number of nitrogens with two attached hydrogens (primary N) is 1. The van der Waals surface area contributed by atoms with Gasteiger partial charge < -0.3 is 14.9 Å². The summed E-state index contributed by atoms with van der Waals surface area (Å²) in [6.07, 6.45) is 1.19. The van der Waals surface area contributed by atoms with Gasteiger partial charge in [0.15, 0.2) is 0 Å². The number of ether oxygens (including phenoxy) is 1. The Bertz CT molecular complexity index is 524. The molecule has 0 aliphatic carbocycles. The monoisotopic (exact) mass is 222 g/mol. The Morgan fingerprint density at radius 1 is 1.50 bits per heavy atom. The van der Waals surface area contributed by atoms with Gasteiger partial charge >= 0.3 is 11.9 Å². The zero-order valence-electron chi connectivity index (χ0n) is 8.01. The number of halogens is 1. The van der Waals surface area contributed by atoms with Crippen molar-refractivity contribution in [2.45, 2.75) is 0 Å². The van der Waals surface area contributed by atoms with E-state index >= 15 is 0 Å². The van der Waals surface area contributed by atoms with Gasteiger partial charge in [0.1, 0.15) is 17.8 Å². The quantitative estimate of drug-likeness (QED) is 0.857. The van der Waals surface area contributed by atoms with Gasteiger partial charge in [-0.1, -0.05) is 6.07 Å². The first-order valence-electron chi connectivity index (χ1n) is 4.34. The van der Waals surface area contributed by atoms with E-state index in [4.69, 9.17) is 14.9 Å².